The number of hydrogen-bond donors (Lipinski definition) is 1. The van der Waals surface area contributed by atoms with Gasteiger partial charge in [0.25, 0.3) is 0 Å². The summed E-state index contributed by atoms with van der Waals surface area (Å²) in [5.74, 6) is 1.82. The summed E-state index contributed by atoms with van der Waals surface area (Å²) in [7, 11) is 1.92. The van der Waals surface area contributed by atoms with Crippen LogP contribution >= 0.6 is 0 Å². The van der Waals surface area contributed by atoms with Crippen LogP contribution in [-0.2, 0) is 6.42 Å². The Balaban J connectivity index is 2.62. The van der Waals surface area contributed by atoms with Crippen LogP contribution in [0, 0.1) is 5.92 Å². The number of aliphatic hydroxyl groups excluding tert-OH is 1. The molecule has 0 aliphatic rings. The van der Waals surface area contributed by atoms with Crippen LogP contribution in [0.25, 0.3) is 0 Å². The van der Waals surface area contributed by atoms with Gasteiger partial charge in [0.05, 0.1) is 12.6 Å². The molecule has 1 atom stereocenters. The van der Waals surface area contributed by atoms with Crippen molar-refractivity contribution >= 4 is 0 Å². The molecule has 0 aliphatic carbocycles. The molecule has 92 valence electrons. The number of hydrogen-bond acceptors (Lipinski definition) is 5. The molecule has 1 unspecified atom stereocenters. The minimum atomic E-state index is 0.0422. The van der Waals surface area contributed by atoms with Crippen molar-refractivity contribution in [2.24, 2.45) is 5.92 Å². The van der Waals surface area contributed by atoms with Crippen LogP contribution in [-0.4, -0.2) is 40.4 Å². The van der Waals surface area contributed by atoms with Crippen LogP contribution in [0.1, 0.15) is 38.6 Å². The first-order valence-corrected chi connectivity index (χ1v) is 5.68. The first-order valence-electron chi connectivity index (χ1n) is 5.68. The lowest BCUT2D eigenvalue weighted by atomic mass is 10.1. The Bertz CT molecular complexity index is 312. The Kier molecular flexibility index (Phi) is 4.89. The summed E-state index contributed by atoms with van der Waals surface area (Å²) in [6, 6.07) is 0.0422. The van der Waals surface area contributed by atoms with Gasteiger partial charge in [-0.05, 0) is 19.9 Å². The van der Waals surface area contributed by atoms with Crippen molar-refractivity contribution in [3.8, 4) is 0 Å². The fourth-order valence-corrected chi connectivity index (χ4v) is 1.41. The predicted octanol–water partition coefficient (Wildman–Crippen LogP) is 1.25. The second-order valence-corrected chi connectivity index (χ2v) is 4.51. The van der Waals surface area contributed by atoms with E-state index in [0.29, 0.717) is 24.2 Å². The lowest BCUT2D eigenvalue weighted by molar-refractivity contribution is 0.170. The maximum absolute atomic E-state index is 8.85. The number of likely N-dealkylation sites (N-methyl/N-ethyl adjacent to an activating group) is 1. The Hall–Kier alpha value is -0.940. The van der Waals surface area contributed by atoms with Crippen molar-refractivity contribution in [2.75, 3.05) is 20.2 Å². The summed E-state index contributed by atoms with van der Waals surface area (Å²) >= 11 is 0. The summed E-state index contributed by atoms with van der Waals surface area (Å²) in [6.07, 6.45) is 0.809. The summed E-state index contributed by atoms with van der Waals surface area (Å²) in [4.78, 5) is 1.98. The van der Waals surface area contributed by atoms with Crippen LogP contribution in [0.5, 0.6) is 0 Å². The van der Waals surface area contributed by atoms with E-state index in [1.807, 2.05) is 18.9 Å². The third-order valence-electron chi connectivity index (χ3n) is 2.54. The Morgan fingerprint density at radius 1 is 1.31 bits per heavy atom. The maximum Gasteiger partial charge on any atom is 0.233 e. The Morgan fingerprint density at radius 3 is 2.56 bits per heavy atom. The average molecular weight is 227 g/mol. The van der Waals surface area contributed by atoms with Gasteiger partial charge in [-0.1, -0.05) is 13.8 Å². The van der Waals surface area contributed by atoms with Gasteiger partial charge >= 0.3 is 0 Å². The highest BCUT2D eigenvalue weighted by Gasteiger charge is 2.18. The molecule has 0 saturated carbocycles. The fourth-order valence-electron chi connectivity index (χ4n) is 1.41. The third-order valence-corrected chi connectivity index (χ3v) is 2.54. The van der Waals surface area contributed by atoms with Crippen molar-refractivity contribution in [3.63, 3.8) is 0 Å². The highest BCUT2D eigenvalue weighted by atomic mass is 16.4. The smallest absolute Gasteiger partial charge is 0.233 e. The van der Waals surface area contributed by atoms with Crippen LogP contribution in [0.2, 0.25) is 0 Å². The molecule has 1 rings (SSSR count). The van der Waals surface area contributed by atoms with Crippen molar-refractivity contribution in [2.45, 2.75) is 33.2 Å². The molecular formula is C11H21N3O2. The third kappa shape index (κ3) is 3.57. The molecule has 0 fully saturated rings. The van der Waals surface area contributed by atoms with Crippen LogP contribution in [0.15, 0.2) is 4.42 Å². The summed E-state index contributed by atoms with van der Waals surface area (Å²) in [5, 5.41) is 16.9. The maximum atomic E-state index is 8.85. The number of aromatic nitrogens is 2. The zero-order chi connectivity index (χ0) is 12.1. The van der Waals surface area contributed by atoms with Crippen LogP contribution < -0.4 is 0 Å². The zero-order valence-electron chi connectivity index (χ0n) is 10.5. The van der Waals surface area contributed by atoms with Crippen LogP contribution in [0.3, 0.4) is 0 Å². The van der Waals surface area contributed by atoms with Gasteiger partial charge in [-0.15, -0.1) is 10.2 Å². The van der Waals surface area contributed by atoms with Gasteiger partial charge in [0, 0.05) is 13.0 Å². The van der Waals surface area contributed by atoms with Gasteiger partial charge < -0.3 is 9.52 Å². The number of rotatable bonds is 6. The highest BCUT2D eigenvalue weighted by molar-refractivity contribution is 4.89. The lowest BCUT2D eigenvalue weighted by Gasteiger charge is -2.20. The average Bonchev–Trinajstić information content (AvgIpc) is 2.64. The van der Waals surface area contributed by atoms with E-state index in [2.05, 4.69) is 24.0 Å². The molecule has 0 aromatic carbocycles. The summed E-state index contributed by atoms with van der Waals surface area (Å²) < 4.78 is 5.58. The number of aliphatic hydroxyl groups is 1. The molecule has 0 aliphatic heterocycles. The second kappa shape index (κ2) is 5.96. The van der Waals surface area contributed by atoms with Crippen molar-refractivity contribution in [1.29, 1.82) is 0 Å². The van der Waals surface area contributed by atoms with Gasteiger partial charge in [0.2, 0.25) is 11.8 Å². The second-order valence-electron chi connectivity index (χ2n) is 4.51. The van der Waals surface area contributed by atoms with Gasteiger partial charge in [0.15, 0.2) is 0 Å². The zero-order valence-corrected chi connectivity index (χ0v) is 10.5. The molecule has 1 aromatic heterocycles. The van der Waals surface area contributed by atoms with Gasteiger partial charge in [-0.2, -0.15) is 0 Å². The minimum Gasteiger partial charge on any atom is -0.424 e. The topological polar surface area (TPSA) is 62.4 Å². The molecule has 0 saturated heterocycles. The summed E-state index contributed by atoms with van der Waals surface area (Å²) in [6.45, 7) is 6.95. The highest BCUT2D eigenvalue weighted by Crippen LogP contribution is 2.17. The molecule has 0 spiro atoms. The van der Waals surface area contributed by atoms with E-state index in [0.717, 1.165) is 6.42 Å². The van der Waals surface area contributed by atoms with Crippen molar-refractivity contribution < 1.29 is 9.52 Å². The van der Waals surface area contributed by atoms with Gasteiger partial charge in [-0.3, -0.25) is 4.90 Å². The van der Waals surface area contributed by atoms with E-state index in [1.54, 1.807) is 0 Å². The van der Waals surface area contributed by atoms with Gasteiger partial charge in [-0.25, -0.2) is 0 Å². The van der Waals surface area contributed by atoms with Crippen molar-refractivity contribution in [3.05, 3.63) is 11.8 Å². The normalized spacial score (nSPS) is 13.7. The Morgan fingerprint density at radius 2 is 2.00 bits per heavy atom. The fraction of sp³-hybridized carbons (Fsp3) is 0.818. The first-order chi connectivity index (χ1) is 7.54. The monoisotopic (exact) mass is 227 g/mol. The van der Waals surface area contributed by atoms with Gasteiger partial charge in [0.1, 0.15) is 0 Å². The van der Waals surface area contributed by atoms with Crippen LogP contribution in [0.4, 0.5) is 0 Å². The molecule has 1 aromatic rings. The van der Waals surface area contributed by atoms with E-state index in [-0.39, 0.29) is 12.6 Å². The molecule has 1 heterocycles. The molecule has 0 amide bonds. The molecule has 5 nitrogen and oxygen atoms in total. The molecule has 1 N–H and O–H groups in total. The molecule has 16 heavy (non-hydrogen) atoms. The minimum absolute atomic E-state index is 0.0422. The first kappa shape index (κ1) is 13.1. The lowest BCUT2D eigenvalue weighted by Crippen LogP contribution is -2.25. The Labute approximate surface area is 96.5 Å². The van der Waals surface area contributed by atoms with E-state index in [4.69, 9.17) is 9.52 Å². The van der Waals surface area contributed by atoms with E-state index in [1.165, 1.54) is 0 Å². The standard InChI is InChI=1S/C11H21N3O2/c1-8(2)7-10-12-13-11(16-10)9(3)14(4)5-6-15/h8-9,15H,5-7H2,1-4H3. The molecule has 5 heteroatoms. The largest absolute Gasteiger partial charge is 0.424 e. The predicted molar refractivity (Wildman–Crippen MR) is 61.0 cm³/mol. The SMILES string of the molecule is CC(C)Cc1nnc(C(C)N(C)CCO)o1. The molecule has 0 radical (unpaired) electrons. The van der Waals surface area contributed by atoms with Crippen molar-refractivity contribution in [1.82, 2.24) is 15.1 Å². The summed E-state index contributed by atoms with van der Waals surface area (Å²) in [5.41, 5.74) is 0. The quantitative estimate of drug-likeness (QED) is 0.792. The molecular weight excluding hydrogens is 206 g/mol. The number of nitrogens with zero attached hydrogens (tertiary/aromatic N) is 3. The van der Waals surface area contributed by atoms with E-state index >= 15 is 0 Å². The van der Waals surface area contributed by atoms with E-state index in [9.17, 15) is 0 Å². The van der Waals surface area contributed by atoms with E-state index < -0.39 is 0 Å². The molecule has 0 bridgehead atoms.